The molecule has 8 unspecified atom stereocenters. The van der Waals surface area contributed by atoms with E-state index in [4.69, 9.17) is 16.2 Å². The monoisotopic (exact) mass is 438 g/mol. The van der Waals surface area contributed by atoms with E-state index in [1.54, 1.807) is 0 Å². The Bertz CT molecular complexity index is 865. The van der Waals surface area contributed by atoms with E-state index in [2.05, 4.69) is 34.6 Å². The summed E-state index contributed by atoms with van der Waals surface area (Å²) < 4.78 is 6.62. The number of anilines is 2. The first kappa shape index (κ1) is 22.4. The molecule has 0 spiro atoms. The fourth-order valence-corrected chi connectivity index (χ4v) is 9.87. The van der Waals surface area contributed by atoms with Gasteiger partial charge >= 0.3 is 0 Å². The second kappa shape index (κ2) is 7.57. The van der Waals surface area contributed by atoms with Crippen LogP contribution in [0, 0.1) is 45.8 Å². The minimum Gasteiger partial charge on any atom is -0.488 e. The summed E-state index contributed by atoms with van der Waals surface area (Å²) in [6.45, 7) is 12.7. The lowest BCUT2D eigenvalue weighted by Gasteiger charge is -2.65. The van der Waals surface area contributed by atoms with Crippen molar-refractivity contribution >= 4 is 11.4 Å². The third-order valence-electron chi connectivity index (χ3n) is 11.5. The van der Waals surface area contributed by atoms with Crippen LogP contribution in [0.3, 0.4) is 0 Å². The molecule has 0 bridgehead atoms. The van der Waals surface area contributed by atoms with Crippen molar-refractivity contribution in [3.8, 4) is 5.75 Å². The maximum atomic E-state index is 6.62. The Kier molecular flexibility index (Phi) is 5.30. The summed E-state index contributed by atoms with van der Waals surface area (Å²) in [6, 6.07) is 5.64. The Morgan fingerprint density at radius 3 is 2.34 bits per heavy atom. The second-order valence-corrected chi connectivity index (χ2v) is 13.0. The Labute approximate surface area is 196 Å². The van der Waals surface area contributed by atoms with Gasteiger partial charge in [0.05, 0.1) is 5.69 Å². The van der Waals surface area contributed by atoms with E-state index in [1.807, 2.05) is 18.2 Å². The van der Waals surface area contributed by atoms with Crippen molar-refractivity contribution in [3.05, 3.63) is 18.2 Å². The lowest BCUT2D eigenvalue weighted by molar-refractivity contribution is -0.172. The van der Waals surface area contributed by atoms with Crippen molar-refractivity contribution in [3.63, 3.8) is 0 Å². The van der Waals surface area contributed by atoms with E-state index in [-0.39, 0.29) is 11.5 Å². The van der Waals surface area contributed by atoms with E-state index in [0.717, 1.165) is 41.5 Å². The van der Waals surface area contributed by atoms with Crippen LogP contribution in [0.15, 0.2) is 18.2 Å². The molecule has 5 rings (SSSR count). The van der Waals surface area contributed by atoms with E-state index >= 15 is 0 Å². The predicted molar refractivity (Wildman–Crippen MR) is 134 cm³/mol. The average molecular weight is 439 g/mol. The summed E-state index contributed by atoms with van der Waals surface area (Å²) in [6.07, 6.45) is 12.6. The number of hydrogen-bond acceptors (Lipinski definition) is 3. The molecule has 4 N–H and O–H groups in total. The van der Waals surface area contributed by atoms with Crippen LogP contribution in [-0.4, -0.2) is 6.10 Å². The Morgan fingerprint density at radius 1 is 0.875 bits per heavy atom. The minimum absolute atomic E-state index is 0.136. The van der Waals surface area contributed by atoms with Crippen LogP contribution in [0.25, 0.3) is 0 Å². The maximum absolute atomic E-state index is 6.62. The molecule has 4 aliphatic rings. The lowest BCUT2D eigenvalue weighted by atomic mass is 9.41. The highest BCUT2D eigenvalue weighted by atomic mass is 16.5. The van der Waals surface area contributed by atoms with Gasteiger partial charge in [0.15, 0.2) is 0 Å². The molecule has 0 aromatic heterocycles. The molecule has 4 fully saturated rings. The molecule has 4 aliphatic carbocycles. The predicted octanol–water partition coefficient (Wildman–Crippen LogP) is 7.30. The number of nitrogens with two attached hydrogens (primary N) is 2. The first-order chi connectivity index (χ1) is 15.1. The first-order valence-corrected chi connectivity index (χ1v) is 13.4. The molecule has 0 amide bonds. The summed E-state index contributed by atoms with van der Waals surface area (Å²) in [5, 5.41) is 0. The highest BCUT2D eigenvalue weighted by Gasteiger charge is 2.63. The van der Waals surface area contributed by atoms with Crippen LogP contribution < -0.4 is 16.2 Å². The van der Waals surface area contributed by atoms with Crippen LogP contribution in [0.2, 0.25) is 0 Å². The molecule has 3 nitrogen and oxygen atoms in total. The van der Waals surface area contributed by atoms with Crippen LogP contribution in [0.1, 0.15) is 92.4 Å². The number of ether oxygens (including phenoxy) is 1. The Morgan fingerprint density at radius 2 is 1.59 bits per heavy atom. The van der Waals surface area contributed by atoms with Crippen LogP contribution in [0.4, 0.5) is 11.4 Å². The van der Waals surface area contributed by atoms with Crippen LogP contribution in [-0.2, 0) is 0 Å². The molecule has 4 saturated carbocycles. The average Bonchev–Trinajstić information content (AvgIpc) is 3.09. The van der Waals surface area contributed by atoms with Gasteiger partial charge in [-0.2, -0.15) is 0 Å². The lowest BCUT2D eigenvalue weighted by Crippen LogP contribution is -2.60. The fraction of sp³-hybridized carbons (Fsp3) is 0.793. The highest BCUT2D eigenvalue weighted by molar-refractivity contribution is 5.59. The van der Waals surface area contributed by atoms with Gasteiger partial charge in [0.2, 0.25) is 0 Å². The van der Waals surface area contributed by atoms with Crippen molar-refractivity contribution in [2.45, 2.75) is 98.5 Å². The SMILES string of the molecule is CCC1CCC2C3CCC4C(C)(C)C(Oc5cc(N)ccc5N)CCC4(C)C3CCC12C. The molecular formula is C29H46N2O. The molecule has 178 valence electrons. The number of rotatable bonds is 3. The van der Waals surface area contributed by atoms with Gasteiger partial charge in [-0.25, -0.2) is 0 Å². The molecule has 0 saturated heterocycles. The van der Waals surface area contributed by atoms with Crippen LogP contribution in [0.5, 0.6) is 5.75 Å². The smallest absolute Gasteiger partial charge is 0.144 e. The summed E-state index contributed by atoms with van der Waals surface area (Å²) in [7, 11) is 0. The van der Waals surface area contributed by atoms with Gasteiger partial charge in [0.25, 0.3) is 0 Å². The number of benzene rings is 1. The highest BCUT2D eigenvalue weighted by Crippen LogP contribution is 2.70. The van der Waals surface area contributed by atoms with Gasteiger partial charge in [-0.3, -0.25) is 0 Å². The molecule has 8 atom stereocenters. The molecule has 3 heteroatoms. The number of fused-ring (bicyclic) bond motifs is 5. The van der Waals surface area contributed by atoms with E-state index < -0.39 is 0 Å². The molecular weight excluding hydrogens is 392 g/mol. The summed E-state index contributed by atoms with van der Waals surface area (Å²) >= 11 is 0. The van der Waals surface area contributed by atoms with Crippen LogP contribution >= 0.6 is 0 Å². The van der Waals surface area contributed by atoms with Crippen molar-refractivity contribution in [2.24, 2.45) is 45.8 Å². The number of nitrogen functional groups attached to an aromatic ring is 2. The quantitative estimate of drug-likeness (QED) is 0.487. The Hall–Kier alpha value is -1.38. The Balaban J connectivity index is 1.39. The van der Waals surface area contributed by atoms with Gasteiger partial charge in [0, 0.05) is 17.2 Å². The van der Waals surface area contributed by atoms with Crippen molar-refractivity contribution in [1.29, 1.82) is 0 Å². The zero-order chi connectivity index (χ0) is 22.9. The largest absolute Gasteiger partial charge is 0.488 e. The maximum Gasteiger partial charge on any atom is 0.144 e. The first-order valence-electron chi connectivity index (χ1n) is 13.4. The molecule has 0 aliphatic heterocycles. The fourth-order valence-electron chi connectivity index (χ4n) is 9.87. The topological polar surface area (TPSA) is 61.3 Å². The summed E-state index contributed by atoms with van der Waals surface area (Å²) in [4.78, 5) is 0. The zero-order valence-electron chi connectivity index (χ0n) is 21.1. The minimum atomic E-state index is 0.136. The molecule has 0 radical (unpaired) electrons. The molecule has 1 aromatic rings. The summed E-state index contributed by atoms with van der Waals surface area (Å²) in [5.74, 6) is 5.25. The van der Waals surface area contributed by atoms with E-state index in [9.17, 15) is 0 Å². The molecule has 32 heavy (non-hydrogen) atoms. The van der Waals surface area contributed by atoms with Gasteiger partial charge in [-0.1, -0.05) is 41.0 Å². The zero-order valence-corrected chi connectivity index (χ0v) is 21.1. The van der Waals surface area contributed by atoms with Crippen molar-refractivity contribution < 1.29 is 4.74 Å². The third-order valence-corrected chi connectivity index (χ3v) is 11.5. The third kappa shape index (κ3) is 3.12. The van der Waals surface area contributed by atoms with E-state index in [0.29, 0.717) is 22.4 Å². The second-order valence-electron chi connectivity index (χ2n) is 13.0. The van der Waals surface area contributed by atoms with Crippen molar-refractivity contribution in [2.75, 3.05) is 11.5 Å². The normalized spacial score (nSPS) is 44.9. The molecule has 0 heterocycles. The van der Waals surface area contributed by atoms with Gasteiger partial charge < -0.3 is 16.2 Å². The van der Waals surface area contributed by atoms with Crippen molar-refractivity contribution in [1.82, 2.24) is 0 Å². The van der Waals surface area contributed by atoms with Gasteiger partial charge in [-0.05, 0) is 104 Å². The number of hydrogen-bond donors (Lipinski definition) is 2. The van der Waals surface area contributed by atoms with E-state index in [1.165, 1.54) is 51.4 Å². The van der Waals surface area contributed by atoms with Gasteiger partial charge in [0.1, 0.15) is 11.9 Å². The van der Waals surface area contributed by atoms with Gasteiger partial charge in [-0.15, -0.1) is 0 Å². The summed E-state index contributed by atoms with van der Waals surface area (Å²) in [5.41, 5.74) is 14.9. The standard InChI is InChI=1S/C29H46N2O/c1-6-18-7-10-21-20-9-12-25-27(2,3)26(32-24-17-19(30)8-11-23(24)31)14-16-29(25,5)22(20)13-15-28(18,21)4/h8,11,17-18,20-22,25-26H,6-7,9-10,12-16,30-31H2,1-5H3. The molecule has 1 aromatic carbocycles.